The Labute approximate surface area is 165 Å². The molecule has 0 saturated carbocycles. The number of nitro groups is 1. The quantitative estimate of drug-likeness (QED) is 0.376. The number of rotatable bonds is 6. The fourth-order valence-corrected chi connectivity index (χ4v) is 2.46. The SMILES string of the molecule is COc1cc([N+](=O)[O-])ccc1NC(=S)NNC(=O)c1cccc(OC)c1OC. The van der Waals surface area contributed by atoms with E-state index in [-0.39, 0.29) is 27.9 Å². The Morgan fingerprint density at radius 2 is 1.75 bits per heavy atom. The molecule has 1 amide bonds. The minimum atomic E-state index is -0.537. The summed E-state index contributed by atoms with van der Waals surface area (Å²) in [6, 6.07) is 8.87. The second kappa shape index (κ2) is 9.37. The first-order valence-electron chi connectivity index (χ1n) is 7.82. The molecule has 10 nitrogen and oxygen atoms in total. The Balaban J connectivity index is 2.05. The number of hydrazine groups is 1. The molecule has 0 heterocycles. The van der Waals surface area contributed by atoms with E-state index in [1.807, 2.05) is 0 Å². The van der Waals surface area contributed by atoms with Crippen LogP contribution in [0.1, 0.15) is 10.4 Å². The molecule has 0 fully saturated rings. The molecule has 3 N–H and O–H groups in total. The number of methoxy groups -OCH3 is 3. The number of nitrogens with one attached hydrogen (secondary N) is 3. The molecule has 2 aromatic rings. The lowest BCUT2D eigenvalue weighted by Gasteiger charge is -2.15. The molecule has 2 rings (SSSR count). The maximum Gasteiger partial charge on any atom is 0.273 e. The van der Waals surface area contributed by atoms with Gasteiger partial charge in [-0.05, 0) is 30.4 Å². The van der Waals surface area contributed by atoms with Crippen molar-refractivity contribution in [3.8, 4) is 17.2 Å². The van der Waals surface area contributed by atoms with Crippen LogP contribution in [0.5, 0.6) is 17.2 Å². The number of ether oxygens (including phenoxy) is 3. The molecule has 0 aliphatic heterocycles. The zero-order valence-corrected chi connectivity index (χ0v) is 16.1. The molecule has 0 bridgehead atoms. The Kier molecular flexibility index (Phi) is 6.93. The molecule has 0 unspecified atom stereocenters. The van der Waals surface area contributed by atoms with Gasteiger partial charge in [-0.25, -0.2) is 0 Å². The smallest absolute Gasteiger partial charge is 0.273 e. The zero-order valence-electron chi connectivity index (χ0n) is 15.3. The molecule has 0 aliphatic rings. The van der Waals surface area contributed by atoms with Crippen LogP contribution in [-0.2, 0) is 0 Å². The van der Waals surface area contributed by atoms with Gasteiger partial charge in [0.25, 0.3) is 11.6 Å². The molecule has 11 heteroatoms. The van der Waals surface area contributed by atoms with Crippen LogP contribution in [0.2, 0.25) is 0 Å². The average Bonchev–Trinajstić information content (AvgIpc) is 2.71. The number of hydrogen-bond donors (Lipinski definition) is 3. The molecule has 2 aromatic carbocycles. The van der Waals surface area contributed by atoms with Crippen LogP contribution >= 0.6 is 12.2 Å². The average molecular weight is 406 g/mol. The molecule has 0 saturated heterocycles. The lowest BCUT2D eigenvalue weighted by Crippen LogP contribution is -2.43. The van der Waals surface area contributed by atoms with Crippen molar-refractivity contribution in [2.75, 3.05) is 26.6 Å². The van der Waals surface area contributed by atoms with Gasteiger partial charge in [0, 0.05) is 6.07 Å². The number of hydrogen-bond acceptors (Lipinski definition) is 7. The summed E-state index contributed by atoms with van der Waals surface area (Å²) in [4.78, 5) is 22.7. The third-order valence-electron chi connectivity index (χ3n) is 3.58. The van der Waals surface area contributed by atoms with Crippen LogP contribution in [0.4, 0.5) is 11.4 Å². The molecule has 0 spiro atoms. The van der Waals surface area contributed by atoms with Crippen molar-refractivity contribution in [2.24, 2.45) is 0 Å². The maximum atomic E-state index is 12.4. The Hall–Kier alpha value is -3.60. The monoisotopic (exact) mass is 406 g/mol. The number of anilines is 1. The van der Waals surface area contributed by atoms with Gasteiger partial charge in [-0.2, -0.15) is 0 Å². The predicted molar refractivity (Wildman–Crippen MR) is 106 cm³/mol. The number of carbonyl (C=O) groups is 1. The first kappa shape index (κ1) is 20.7. The lowest BCUT2D eigenvalue weighted by atomic mass is 10.2. The van der Waals surface area contributed by atoms with E-state index in [1.54, 1.807) is 18.2 Å². The van der Waals surface area contributed by atoms with E-state index in [9.17, 15) is 14.9 Å². The summed E-state index contributed by atoms with van der Waals surface area (Å²) in [5.74, 6) is 0.404. The minimum Gasteiger partial charge on any atom is -0.494 e. The van der Waals surface area contributed by atoms with Crippen molar-refractivity contribution < 1.29 is 23.9 Å². The van der Waals surface area contributed by atoms with Crippen LogP contribution in [0.15, 0.2) is 36.4 Å². The van der Waals surface area contributed by atoms with Crippen molar-refractivity contribution >= 4 is 34.6 Å². The van der Waals surface area contributed by atoms with Crippen LogP contribution < -0.4 is 30.4 Å². The lowest BCUT2D eigenvalue weighted by molar-refractivity contribution is -0.384. The maximum absolute atomic E-state index is 12.4. The van der Waals surface area contributed by atoms with Gasteiger partial charge in [0.05, 0.1) is 43.6 Å². The number of amides is 1. The Morgan fingerprint density at radius 3 is 2.36 bits per heavy atom. The molecule has 0 atom stereocenters. The fourth-order valence-electron chi connectivity index (χ4n) is 2.30. The highest BCUT2D eigenvalue weighted by molar-refractivity contribution is 7.80. The van der Waals surface area contributed by atoms with Gasteiger partial charge >= 0.3 is 0 Å². The highest BCUT2D eigenvalue weighted by Crippen LogP contribution is 2.30. The van der Waals surface area contributed by atoms with Crippen LogP contribution in [0, 0.1) is 10.1 Å². The number of para-hydroxylation sites is 1. The molecule has 148 valence electrons. The topological polar surface area (TPSA) is 124 Å². The second-order valence-corrected chi connectivity index (χ2v) is 5.62. The van der Waals surface area contributed by atoms with E-state index in [0.29, 0.717) is 11.4 Å². The van der Waals surface area contributed by atoms with Gasteiger partial charge < -0.3 is 19.5 Å². The van der Waals surface area contributed by atoms with Gasteiger partial charge in [0.15, 0.2) is 16.6 Å². The van der Waals surface area contributed by atoms with Gasteiger partial charge in [0.2, 0.25) is 0 Å². The van der Waals surface area contributed by atoms with Crippen molar-refractivity contribution in [3.05, 3.63) is 52.1 Å². The first-order chi connectivity index (χ1) is 13.4. The van der Waals surface area contributed by atoms with Gasteiger partial charge in [0.1, 0.15) is 5.75 Å². The third-order valence-corrected chi connectivity index (χ3v) is 3.79. The molecular weight excluding hydrogens is 388 g/mol. The van der Waals surface area contributed by atoms with Crippen molar-refractivity contribution in [1.29, 1.82) is 0 Å². The van der Waals surface area contributed by atoms with Crippen molar-refractivity contribution in [2.45, 2.75) is 0 Å². The zero-order chi connectivity index (χ0) is 20.7. The van der Waals surface area contributed by atoms with Crippen LogP contribution in [0.25, 0.3) is 0 Å². The van der Waals surface area contributed by atoms with Crippen LogP contribution in [-0.4, -0.2) is 37.3 Å². The van der Waals surface area contributed by atoms with E-state index < -0.39 is 10.8 Å². The summed E-state index contributed by atoms with van der Waals surface area (Å²) in [6.45, 7) is 0. The number of non-ortho nitro benzene ring substituents is 1. The number of thiocarbonyl (C=S) groups is 1. The highest BCUT2D eigenvalue weighted by Gasteiger charge is 2.17. The van der Waals surface area contributed by atoms with Crippen molar-refractivity contribution in [1.82, 2.24) is 10.9 Å². The first-order valence-corrected chi connectivity index (χ1v) is 8.22. The summed E-state index contributed by atoms with van der Waals surface area (Å²) in [5.41, 5.74) is 5.48. The Morgan fingerprint density at radius 1 is 1.04 bits per heavy atom. The van der Waals surface area contributed by atoms with E-state index in [1.165, 1.54) is 39.5 Å². The van der Waals surface area contributed by atoms with Crippen LogP contribution in [0.3, 0.4) is 0 Å². The van der Waals surface area contributed by atoms with E-state index in [2.05, 4.69) is 16.2 Å². The van der Waals surface area contributed by atoms with E-state index in [4.69, 9.17) is 26.4 Å². The molecule has 0 radical (unpaired) electrons. The fraction of sp³-hybridized carbons (Fsp3) is 0.176. The Bertz CT molecular complexity index is 905. The molecular formula is C17H18N4O6S. The number of nitrogens with zero attached hydrogens (tertiary/aromatic N) is 1. The van der Waals surface area contributed by atoms with Gasteiger partial charge in [-0.3, -0.25) is 25.8 Å². The molecule has 0 aromatic heterocycles. The summed E-state index contributed by atoms with van der Waals surface area (Å²) in [7, 11) is 4.26. The predicted octanol–water partition coefficient (Wildman–Crippen LogP) is 2.25. The summed E-state index contributed by atoms with van der Waals surface area (Å²) < 4.78 is 15.5. The van der Waals surface area contributed by atoms with Gasteiger partial charge in [-0.15, -0.1) is 0 Å². The second-order valence-electron chi connectivity index (χ2n) is 5.22. The third kappa shape index (κ3) is 4.76. The molecule has 28 heavy (non-hydrogen) atoms. The summed E-state index contributed by atoms with van der Waals surface area (Å²) in [6.07, 6.45) is 0. The number of benzene rings is 2. The largest absolute Gasteiger partial charge is 0.494 e. The minimum absolute atomic E-state index is 0.0439. The normalized spacial score (nSPS) is 9.82. The molecule has 0 aliphatic carbocycles. The highest BCUT2D eigenvalue weighted by atomic mass is 32.1. The number of nitro benzene ring substituents is 1. The van der Waals surface area contributed by atoms with E-state index >= 15 is 0 Å². The summed E-state index contributed by atoms with van der Waals surface area (Å²) >= 11 is 5.12. The van der Waals surface area contributed by atoms with Crippen molar-refractivity contribution in [3.63, 3.8) is 0 Å². The summed E-state index contributed by atoms with van der Waals surface area (Å²) in [5, 5.41) is 13.7. The van der Waals surface area contributed by atoms with Gasteiger partial charge in [-0.1, -0.05) is 6.07 Å². The number of carbonyl (C=O) groups excluding carboxylic acids is 1. The van der Waals surface area contributed by atoms with E-state index in [0.717, 1.165) is 0 Å². The standard InChI is InChI=1S/C17H18N4O6S/c1-25-13-6-4-5-11(15(13)27-3)16(22)19-20-17(28)18-12-8-7-10(21(23)24)9-14(12)26-2/h4-9H,1-3H3,(H,19,22)(H2,18,20,28).